The van der Waals surface area contributed by atoms with Crippen LogP contribution >= 0.6 is 0 Å². The zero-order valence-corrected chi connectivity index (χ0v) is 9.82. The normalized spacial score (nSPS) is 10.1. The van der Waals surface area contributed by atoms with Crippen LogP contribution in [-0.4, -0.2) is 57.6 Å². The molecule has 1 amide bonds. The second-order valence-corrected chi connectivity index (χ2v) is 2.85. The zero-order valence-electron chi connectivity index (χ0n) is 9.82. The van der Waals surface area contributed by atoms with Crippen molar-refractivity contribution < 1.29 is 19.0 Å². The highest BCUT2D eigenvalue weighted by Gasteiger charge is 2.12. The van der Waals surface area contributed by atoms with Crippen LogP contribution in [0.1, 0.15) is 13.8 Å². The monoisotopic (exact) mass is 219 g/mol. The van der Waals surface area contributed by atoms with Crippen LogP contribution in [0.15, 0.2) is 0 Å². The van der Waals surface area contributed by atoms with Gasteiger partial charge < -0.3 is 19.1 Å². The van der Waals surface area contributed by atoms with Gasteiger partial charge in [-0.15, -0.1) is 0 Å². The van der Waals surface area contributed by atoms with Crippen molar-refractivity contribution in [3.63, 3.8) is 0 Å². The van der Waals surface area contributed by atoms with Crippen molar-refractivity contribution in [2.24, 2.45) is 0 Å². The van der Waals surface area contributed by atoms with Gasteiger partial charge in [-0.1, -0.05) is 0 Å². The molecule has 0 rings (SSSR count). The summed E-state index contributed by atoms with van der Waals surface area (Å²) in [5, 5.41) is 0. The van der Waals surface area contributed by atoms with Crippen molar-refractivity contribution in [3.05, 3.63) is 0 Å². The Labute approximate surface area is 91.3 Å². The first kappa shape index (κ1) is 14.2. The largest absolute Gasteiger partial charge is 0.453 e. The van der Waals surface area contributed by atoms with Crippen molar-refractivity contribution in [3.8, 4) is 0 Å². The lowest BCUT2D eigenvalue weighted by molar-refractivity contribution is 0.0689. The minimum atomic E-state index is -0.339. The summed E-state index contributed by atoms with van der Waals surface area (Å²) in [4.78, 5) is 12.9. The second kappa shape index (κ2) is 9.73. The van der Waals surface area contributed by atoms with Crippen LogP contribution in [-0.2, 0) is 14.2 Å². The lowest BCUT2D eigenvalue weighted by Gasteiger charge is -2.20. The third-order valence-electron chi connectivity index (χ3n) is 1.85. The van der Waals surface area contributed by atoms with Crippen LogP contribution in [0.4, 0.5) is 4.79 Å². The van der Waals surface area contributed by atoms with Crippen molar-refractivity contribution >= 4 is 6.09 Å². The lowest BCUT2D eigenvalue weighted by atomic mass is 10.5. The number of rotatable bonds is 8. The second-order valence-electron chi connectivity index (χ2n) is 2.85. The van der Waals surface area contributed by atoms with Crippen LogP contribution in [0.2, 0.25) is 0 Å². The van der Waals surface area contributed by atoms with Gasteiger partial charge in [-0.2, -0.15) is 0 Å². The van der Waals surface area contributed by atoms with Gasteiger partial charge in [0.2, 0.25) is 0 Å². The molecule has 0 aliphatic rings. The first-order valence-electron chi connectivity index (χ1n) is 5.24. The Morgan fingerprint density at radius 1 is 1.07 bits per heavy atom. The summed E-state index contributed by atoms with van der Waals surface area (Å²) in [6, 6.07) is 0. The average molecular weight is 219 g/mol. The van der Waals surface area contributed by atoms with Gasteiger partial charge in [0.1, 0.15) is 0 Å². The van der Waals surface area contributed by atoms with Gasteiger partial charge in [-0.25, -0.2) is 4.79 Å². The molecule has 0 unspecified atom stereocenters. The molecule has 5 heteroatoms. The maximum atomic E-state index is 11.3. The van der Waals surface area contributed by atoms with Gasteiger partial charge in [-0.05, 0) is 13.8 Å². The zero-order chi connectivity index (χ0) is 11.5. The van der Waals surface area contributed by atoms with Crippen molar-refractivity contribution in [2.75, 3.05) is 46.6 Å². The van der Waals surface area contributed by atoms with E-state index in [1.54, 1.807) is 4.90 Å². The number of hydrogen-bond acceptors (Lipinski definition) is 4. The molecule has 0 radical (unpaired) electrons. The highest BCUT2D eigenvalue weighted by Crippen LogP contribution is 1.94. The van der Waals surface area contributed by atoms with Crippen molar-refractivity contribution in [1.29, 1.82) is 0 Å². The minimum Gasteiger partial charge on any atom is -0.453 e. The van der Waals surface area contributed by atoms with Crippen LogP contribution in [0.5, 0.6) is 0 Å². The van der Waals surface area contributed by atoms with Crippen LogP contribution in [0, 0.1) is 0 Å². The molecule has 0 aromatic heterocycles. The Kier molecular flexibility index (Phi) is 9.21. The van der Waals surface area contributed by atoms with E-state index in [0.29, 0.717) is 39.5 Å². The summed E-state index contributed by atoms with van der Waals surface area (Å²) < 4.78 is 15.0. The molecule has 0 N–H and O–H groups in total. The molecule has 0 saturated carbocycles. The minimum absolute atomic E-state index is 0.339. The highest BCUT2D eigenvalue weighted by atomic mass is 16.5. The fraction of sp³-hybridized carbons (Fsp3) is 0.900. The van der Waals surface area contributed by atoms with Crippen LogP contribution in [0.3, 0.4) is 0 Å². The van der Waals surface area contributed by atoms with Gasteiger partial charge in [-0.3, -0.25) is 0 Å². The highest BCUT2D eigenvalue weighted by molar-refractivity contribution is 5.67. The third-order valence-corrected chi connectivity index (χ3v) is 1.85. The van der Waals surface area contributed by atoms with E-state index in [1.807, 2.05) is 13.8 Å². The smallest absolute Gasteiger partial charge is 0.409 e. The summed E-state index contributed by atoms with van der Waals surface area (Å²) in [6.45, 7) is 7.27. The summed E-state index contributed by atoms with van der Waals surface area (Å²) in [5.74, 6) is 0. The quantitative estimate of drug-likeness (QED) is 0.574. The summed E-state index contributed by atoms with van der Waals surface area (Å²) >= 11 is 0. The number of amides is 1. The third kappa shape index (κ3) is 7.16. The number of ether oxygens (including phenoxy) is 3. The molecule has 0 aliphatic heterocycles. The number of carbonyl (C=O) groups is 1. The first-order chi connectivity index (χ1) is 7.26. The summed E-state index contributed by atoms with van der Waals surface area (Å²) in [6.07, 6.45) is -0.339. The molecule has 0 aromatic carbocycles. The Bertz CT molecular complexity index is 154. The van der Waals surface area contributed by atoms with Gasteiger partial charge in [0.05, 0.1) is 20.3 Å². The molecule has 0 spiro atoms. The van der Waals surface area contributed by atoms with Crippen LogP contribution < -0.4 is 0 Å². The molecular weight excluding hydrogens is 198 g/mol. The molecule has 0 aromatic rings. The molecule has 0 heterocycles. The fourth-order valence-electron chi connectivity index (χ4n) is 1.06. The lowest BCUT2D eigenvalue weighted by Crippen LogP contribution is -2.36. The summed E-state index contributed by atoms with van der Waals surface area (Å²) in [5.41, 5.74) is 0. The van der Waals surface area contributed by atoms with E-state index in [0.717, 1.165) is 0 Å². The topological polar surface area (TPSA) is 48.0 Å². The molecular formula is C10H21NO4. The van der Waals surface area contributed by atoms with E-state index < -0.39 is 0 Å². The molecule has 5 nitrogen and oxygen atoms in total. The Morgan fingerprint density at radius 3 is 1.87 bits per heavy atom. The number of carbonyl (C=O) groups excluding carboxylic acids is 1. The van der Waals surface area contributed by atoms with E-state index >= 15 is 0 Å². The molecule has 15 heavy (non-hydrogen) atoms. The number of nitrogens with zero attached hydrogens (tertiary/aromatic N) is 1. The van der Waals surface area contributed by atoms with E-state index in [-0.39, 0.29) is 6.09 Å². The van der Waals surface area contributed by atoms with E-state index in [1.165, 1.54) is 7.11 Å². The average Bonchev–Trinajstić information content (AvgIpc) is 2.26. The predicted octanol–water partition coefficient (Wildman–Crippen LogP) is 1.13. The van der Waals surface area contributed by atoms with E-state index in [2.05, 4.69) is 4.74 Å². The van der Waals surface area contributed by atoms with Gasteiger partial charge >= 0.3 is 6.09 Å². The molecule has 0 fully saturated rings. The van der Waals surface area contributed by atoms with Crippen LogP contribution in [0.25, 0.3) is 0 Å². The Morgan fingerprint density at radius 2 is 1.53 bits per heavy atom. The predicted molar refractivity (Wildman–Crippen MR) is 57.0 cm³/mol. The maximum Gasteiger partial charge on any atom is 0.409 e. The van der Waals surface area contributed by atoms with Crippen molar-refractivity contribution in [1.82, 2.24) is 4.90 Å². The van der Waals surface area contributed by atoms with Gasteiger partial charge in [0, 0.05) is 26.3 Å². The Balaban J connectivity index is 3.79. The fourth-order valence-corrected chi connectivity index (χ4v) is 1.06. The maximum absolute atomic E-state index is 11.3. The van der Waals surface area contributed by atoms with Gasteiger partial charge in [0.15, 0.2) is 0 Å². The van der Waals surface area contributed by atoms with Gasteiger partial charge in [0.25, 0.3) is 0 Å². The van der Waals surface area contributed by atoms with Crippen molar-refractivity contribution in [2.45, 2.75) is 13.8 Å². The number of hydrogen-bond donors (Lipinski definition) is 0. The molecule has 0 bridgehead atoms. The standard InChI is InChI=1S/C10H21NO4/c1-4-14-8-6-11(10(12)13-3)7-9-15-5-2/h4-9H2,1-3H3. The SMILES string of the molecule is CCOCCN(CCOCC)C(=O)OC. The number of methoxy groups -OCH3 is 1. The van der Waals surface area contributed by atoms with E-state index in [9.17, 15) is 4.79 Å². The molecule has 90 valence electrons. The first-order valence-corrected chi connectivity index (χ1v) is 5.24. The molecule has 0 atom stereocenters. The Hall–Kier alpha value is -0.810. The molecule has 0 saturated heterocycles. The molecule has 0 aliphatic carbocycles. The van der Waals surface area contributed by atoms with E-state index in [4.69, 9.17) is 9.47 Å². The summed E-state index contributed by atoms with van der Waals surface area (Å²) in [7, 11) is 1.37.